The highest BCUT2D eigenvalue weighted by atomic mass is 79.9. The Balaban J connectivity index is 1.88. The maximum absolute atomic E-state index is 13.3. The average molecular weight is 407 g/mol. The summed E-state index contributed by atoms with van der Waals surface area (Å²) in [4.78, 5) is 17.6. The first-order valence-corrected chi connectivity index (χ1v) is 9.23. The minimum atomic E-state index is -0.00303. The smallest absolute Gasteiger partial charge is 0.255 e. The van der Waals surface area contributed by atoms with Gasteiger partial charge < -0.3 is 19.0 Å². The number of likely N-dealkylation sites (tertiary alicyclic amines) is 1. The molecule has 1 aromatic carbocycles. The number of hydrogen-bond donors (Lipinski definition) is 0. The molecule has 1 fully saturated rings. The van der Waals surface area contributed by atoms with Crippen LogP contribution in [-0.2, 0) is 6.54 Å². The number of halogens is 1. The third-order valence-corrected chi connectivity index (χ3v) is 5.39. The molecule has 2 heterocycles. The first-order valence-electron chi connectivity index (χ1n) is 8.44. The lowest BCUT2D eigenvalue weighted by Crippen LogP contribution is -2.46. The molecular weight excluding hydrogens is 384 g/mol. The Kier molecular flexibility index (Phi) is 5.81. The molecule has 0 atom stereocenters. The van der Waals surface area contributed by atoms with Crippen LogP contribution in [0.4, 0.5) is 0 Å². The van der Waals surface area contributed by atoms with E-state index in [1.54, 1.807) is 19.4 Å². The molecule has 3 rings (SSSR count). The molecule has 2 aromatic rings. The fourth-order valence-electron chi connectivity index (χ4n) is 3.19. The van der Waals surface area contributed by atoms with Gasteiger partial charge in [0.2, 0.25) is 0 Å². The standard InChI is InChI=1S/C19H23BrN2O3/c1-21-9-7-14(8-10-21)22(13-16-4-3-11-25-16)19(23)17-12-15(24-2)5-6-18(17)20/h3-6,11-12,14H,7-10,13H2,1-2H3. The highest BCUT2D eigenvalue weighted by Gasteiger charge is 2.29. The minimum Gasteiger partial charge on any atom is -0.497 e. The van der Waals surface area contributed by atoms with Crippen molar-refractivity contribution in [3.8, 4) is 5.75 Å². The predicted octanol–water partition coefficient (Wildman–Crippen LogP) is 3.79. The second kappa shape index (κ2) is 8.06. The SMILES string of the molecule is COc1ccc(Br)c(C(=O)N(Cc2ccco2)C2CCN(C)CC2)c1. The van der Waals surface area contributed by atoms with Crippen LogP contribution in [0.1, 0.15) is 29.0 Å². The van der Waals surface area contributed by atoms with E-state index in [0.717, 1.165) is 36.2 Å². The fraction of sp³-hybridized carbons (Fsp3) is 0.421. The van der Waals surface area contributed by atoms with Crippen molar-refractivity contribution >= 4 is 21.8 Å². The number of benzene rings is 1. The number of furan rings is 1. The van der Waals surface area contributed by atoms with Crippen LogP contribution in [0.3, 0.4) is 0 Å². The topological polar surface area (TPSA) is 45.9 Å². The van der Waals surface area contributed by atoms with Crippen LogP contribution < -0.4 is 4.74 Å². The van der Waals surface area contributed by atoms with Crippen molar-refractivity contribution in [1.82, 2.24) is 9.80 Å². The molecule has 1 aliphatic rings. The summed E-state index contributed by atoms with van der Waals surface area (Å²) < 4.78 is 11.6. The lowest BCUT2D eigenvalue weighted by molar-refractivity contribution is 0.0549. The maximum Gasteiger partial charge on any atom is 0.255 e. The van der Waals surface area contributed by atoms with Gasteiger partial charge in [0, 0.05) is 10.5 Å². The van der Waals surface area contributed by atoms with E-state index in [1.807, 2.05) is 29.2 Å². The molecule has 0 N–H and O–H groups in total. The summed E-state index contributed by atoms with van der Waals surface area (Å²) in [6, 6.07) is 9.45. The number of carbonyl (C=O) groups excluding carboxylic acids is 1. The van der Waals surface area contributed by atoms with Crippen molar-refractivity contribution < 1.29 is 13.9 Å². The third kappa shape index (κ3) is 4.25. The second-order valence-electron chi connectivity index (χ2n) is 6.39. The van der Waals surface area contributed by atoms with Crippen molar-refractivity contribution in [3.63, 3.8) is 0 Å². The molecule has 1 amide bonds. The molecule has 1 saturated heterocycles. The highest BCUT2D eigenvalue weighted by Crippen LogP contribution is 2.27. The van der Waals surface area contributed by atoms with Crippen molar-refractivity contribution in [1.29, 1.82) is 0 Å². The molecule has 134 valence electrons. The quantitative estimate of drug-likeness (QED) is 0.757. The maximum atomic E-state index is 13.3. The number of methoxy groups -OCH3 is 1. The van der Waals surface area contributed by atoms with E-state index in [-0.39, 0.29) is 11.9 Å². The van der Waals surface area contributed by atoms with Gasteiger partial charge in [-0.2, -0.15) is 0 Å². The highest BCUT2D eigenvalue weighted by molar-refractivity contribution is 9.10. The molecule has 0 spiro atoms. The van der Waals surface area contributed by atoms with E-state index in [2.05, 4.69) is 27.9 Å². The number of nitrogens with zero attached hydrogens (tertiary/aromatic N) is 2. The number of ether oxygens (including phenoxy) is 1. The Morgan fingerprint density at radius 1 is 1.36 bits per heavy atom. The monoisotopic (exact) mass is 406 g/mol. The zero-order valence-corrected chi connectivity index (χ0v) is 16.2. The van der Waals surface area contributed by atoms with E-state index >= 15 is 0 Å². The van der Waals surface area contributed by atoms with Gasteiger partial charge >= 0.3 is 0 Å². The number of amides is 1. The van der Waals surface area contributed by atoms with Gasteiger partial charge in [-0.05, 0) is 79.2 Å². The lowest BCUT2D eigenvalue weighted by Gasteiger charge is -2.37. The van der Waals surface area contributed by atoms with Gasteiger partial charge in [-0.1, -0.05) is 0 Å². The van der Waals surface area contributed by atoms with Crippen LogP contribution in [0.15, 0.2) is 45.5 Å². The van der Waals surface area contributed by atoms with E-state index in [0.29, 0.717) is 17.9 Å². The summed E-state index contributed by atoms with van der Waals surface area (Å²) in [5.74, 6) is 1.47. The largest absolute Gasteiger partial charge is 0.497 e. The van der Waals surface area contributed by atoms with Crippen molar-refractivity contribution in [2.24, 2.45) is 0 Å². The average Bonchev–Trinajstić information content (AvgIpc) is 3.14. The normalized spacial score (nSPS) is 16.0. The summed E-state index contributed by atoms with van der Waals surface area (Å²) in [7, 11) is 3.72. The molecule has 0 saturated carbocycles. The number of piperidine rings is 1. The molecule has 5 nitrogen and oxygen atoms in total. The van der Waals surface area contributed by atoms with Gasteiger partial charge in [0.1, 0.15) is 11.5 Å². The van der Waals surface area contributed by atoms with Gasteiger partial charge in [-0.25, -0.2) is 0 Å². The summed E-state index contributed by atoms with van der Waals surface area (Å²) in [5, 5.41) is 0. The summed E-state index contributed by atoms with van der Waals surface area (Å²) in [5.41, 5.74) is 0.616. The van der Waals surface area contributed by atoms with Crippen molar-refractivity contribution in [3.05, 3.63) is 52.4 Å². The van der Waals surface area contributed by atoms with E-state index in [4.69, 9.17) is 9.15 Å². The van der Waals surface area contributed by atoms with Crippen molar-refractivity contribution in [2.75, 3.05) is 27.2 Å². The molecule has 0 unspecified atom stereocenters. The second-order valence-corrected chi connectivity index (χ2v) is 7.25. The molecular formula is C19H23BrN2O3. The molecule has 1 aromatic heterocycles. The number of carbonyl (C=O) groups is 1. The molecule has 0 bridgehead atoms. The van der Waals surface area contributed by atoms with Gasteiger partial charge in [0.05, 0.1) is 25.5 Å². The van der Waals surface area contributed by atoms with E-state index in [1.165, 1.54) is 0 Å². The minimum absolute atomic E-state index is 0.00303. The summed E-state index contributed by atoms with van der Waals surface area (Å²) >= 11 is 3.51. The Bertz CT molecular complexity index is 709. The van der Waals surface area contributed by atoms with Crippen LogP contribution in [0.25, 0.3) is 0 Å². The molecule has 6 heteroatoms. The first kappa shape index (κ1) is 18.0. The van der Waals surface area contributed by atoms with Crippen LogP contribution in [0, 0.1) is 0 Å². The lowest BCUT2D eigenvalue weighted by atomic mass is 10.0. The van der Waals surface area contributed by atoms with Crippen LogP contribution in [-0.4, -0.2) is 49.0 Å². The zero-order chi connectivity index (χ0) is 17.8. The molecule has 0 radical (unpaired) electrons. The van der Waals surface area contributed by atoms with E-state index < -0.39 is 0 Å². The van der Waals surface area contributed by atoms with Gasteiger partial charge in [0.25, 0.3) is 5.91 Å². The van der Waals surface area contributed by atoms with Gasteiger partial charge in [0.15, 0.2) is 0 Å². The predicted molar refractivity (Wildman–Crippen MR) is 99.8 cm³/mol. The molecule has 1 aliphatic heterocycles. The van der Waals surface area contributed by atoms with Crippen LogP contribution in [0.5, 0.6) is 5.75 Å². The zero-order valence-electron chi connectivity index (χ0n) is 14.6. The van der Waals surface area contributed by atoms with Gasteiger partial charge in [-0.15, -0.1) is 0 Å². The Morgan fingerprint density at radius 2 is 2.12 bits per heavy atom. The number of rotatable bonds is 5. The van der Waals surface area contributed by atoms with Crippen molar-refractivity contribution in [2.45, 2.75) is 25.4 Å². The first-order chi connectivity index (χ1) is 12.1. The molecule has 0 aliphatic carbocycles. The number of hydrogen-bond acceptors (Lipinski definition) is 4. The fourth-order valence-corrected chi connectivity index (χ4v) is 3.61. The Hall–Kier alpha value is -1.79. The van der Waals surface area contributed by atoms with Crippen LogP contribution >= 0.6 is 15.9 Å². The summed E-state index contributed by atoms with van der Waals surface area (Å²) in [6.07, 6.45) is 3.57. The Morgan fingerprint density at radius 3 is 2.76 bits per heavy atom. The van der Waals surface area contributed by atoms with E-state index in [9.17, 15) is 4.79 Å². The third-order valence-electron chi connectivity index (χ3n) is 4.70. The van der Waals surface area contributed by atoms with Crippen LogP contribution in [0.2, 0.25) is 0 Å². The summed E-state index contributed by atoms with van der Waals surface area (Å²) in [6.45, 7) is 2.46. The Labute approximate surface area is 156 Å². The molecule has 25 heavy (non-hydrogen) atoms. The van der Waals surface area contributed by atoms with Gasteiger partial charge in [-0.3, -0.25) is 4.79 Å².